The molecule has 2 N–H and O–H groups in total. The Kier molecular flexibility index (Phi) is 9.10. The number of aromatic nitrogens is 2. The summed E-state index contributed by atoms with van der Waals surface area (Å²) in [6.45, 7) is 0.494. The first-order valence-electron chi connectivity index (χ1n) is 14.9. The molecule has 0 aliphatic heterocycles. The monoisotopic (exact) mass is 651 g/mol. The Balaban J connectivity index is 1.61. The Bertz CT molecular complexity index is 2160. The van der Waals surface area contributed by atoms with Crippen molar-refractivity contribution < 1.29 is 13.6 Å². The van der Waals surface area contributed by atoms with Crippen molar-refractivity contribution in [2.45, 2.75) is 19.6 Å². The number of thiophene rings is 1. The molecule has 0 radical (unpaired) electrons. The number of carbonyl (C=O) groups is 1. The summed E-state index contributed by atoms with van der Waals surface area (Å²) in [4.78, 5) is 43.6. The number of fused-ring (bicyclic) bond motifs is 1. The van der Waals surface area contributed by atoms with Crippen molar-refractivity contribution >= 4 is 33.3 Å². The van der Waals surface area contributed by atoms with Crippen LogP contribution in [0.25, 0.3) is 26.3 Å². The highest BCUT2D eigenvalue weighted by atomic mass is 32.1. The fourth-order valence-corrected chi connectivity index (χ4v) is 6.86. The number of anilines is 1. The molecule has 0 bridgehead atoms. The number of rotatable bonds is 9. The molecule has 0 fully saturated rings. The van der Waals surface area contributed by atoms with E-state index >= 15 is 0 Å². The number of carbonyl (C=O) groups excluding carboxylic acids is 1. The summed E-state index contributed by atoms with van der Waals surface area (Å²) in [5.41, 5.74) is 1.89. The van der Waals surface area contributed by atoms with Gasteiger partial charge in [0.05, 0.1) is 17.6 Å². The van der Waals surface area contributed by atoms with Crippen molar-refractivity contribution in [1.82, 2.24) is 19.4 Å². The van der Waals surface area contributed by atoms with Gasteiger partial charge in [0.25, 0.3) is 5.56 Å². The van der Waals surface area contributed by atoms with Gasteiger partial charge in [0.2, 0.25) is 0 Å². The van der Waals surface area contributed by atoms with Crippen molar-refractivity contribution in [2.75, 3.05) is 19.4 Å². The maximum Gasteiger partial charge on any atom is 0.337 e. The zero-order chi connectivity index (χ0) is 33.1. The molecular formula is C36H31F2N5O3S. The van der Waals surface area contributed by atoms with Crippen LogP contribution < -0.4 is 21.9 Å². The number of amides is 2. The van der Waals surface area contributed by atoms with Gasteiger partial charge in [-0.05, 0) is 60.1 Å². The first-order valence-corrected chi connectivity index (χ1v) is 15.7. The van der Waals surface area contributed by atoms with Gasteiger partial charge in [-0.2, -0.15) is 0 Å². The molecule has 2 aromatic heterocycles. The van der Waals surface area contributed by atoms with Gasteiger partial charge in [0, 0.05) is 36.3 Å². The molecule has 0 saturated heterocycles. The maximum atomic E-state index is 15.0. The third kappa shape index (κ3) is 6.49. The molecule has 4 aromatic carbocycles. The summed E-state index contributed by atoms with van der Waals surface area (Å²) < 4.78 is 32.3. The molecule has 11 heteroatoms. The lowest BCUT2D eigenvalue weighted by Gasteiger charge is -2.18. The minimum Gasteiger partial charge on any atom is -0.341 e. The number of nitrogens with one attached hydrogen (secondary N) is 2. The summed E-state index contributed by atoms with van der Waals surface area (Å²) in [5.74, 6) is -1.58. The standard InChI is InChI=1S/C36H31F2N5O3S/c1-39-35(45)40-25-18-16-24(17-19-25)32-28(21-41(2)20-23-10-5-3-6-11-23)31-33(44)43(26-12-7-4-8-13-26)36(46)42(34(31)47-32)22-27-29(37)14-9-15-30(27)38/h3-19H,20-22H2,1-2H3,(H2,39,40,45). The lowest BCUT2D eigenvalue weighted by atomic mass is 10.1. The van der Waals surface area contributed by atoms with Crippen LogP contribution in [0.1, 0.15) is 16.7 Å². The predicted molar refractivity (Wildman–Crippen MR) is 182 cm³/mol. The van der Waals surface area contributed by atoms with E-state index in [1.54, 1.807) is 42.5 Å². The number of benzene rings is 4. The van der Waals surface area contributed by atoms with Gasteiger partial charge in [-0.1, -0.05) is 66.7 Å². The third-order valence-electron chi connectivity index (χ3n) is 7.82. The number of halogens is 2. The van der Waals surface area contributed by atoms with E-state index in [9.17, 15) is 23.2 Å². The first kappa shape index (κ1) is 31.6. The van der Waals surface area contributed by atoms with Gasteiger partial charge in [0.1, 0.15) is 16.5 Å². The number of hydrogen-bond acceptors (Lipinski definition) is 5. The minimum absolute atomic E-state index is 0.281. The summed E-state index contributed by atoms with van der Waals surface area (Å²) in [7, 11) is 3.46. The molecule has 0 aliphatic rings. The van der Waals surface area contributed by atoms with Gasteiger partial charge in [-0.25, -0.2) is 22.9 Å². The zero-order valence-corrected chi connectivity index (χ0v) is 26.5. The summed E-state index contributed by atoms with van der Waals surface area (Å²) in [6.07, 6.45) is 0. The van der Waals surface area contributed by atoms with Gasteiger partial charge in [-0.3, -0.25) is 14.3 Å². The van der Waals surface area contributed by atoms with E-state index in [4.69, 9.17) is 0 Å². The fraction of sp³-hybridized carbons (Fsp3) is 0.139. The highest BCUT2D eigenvalue weighted by Gasteiger charge is 2.25. The first-order chi connectivity index (χ1) is 22.7. The highest BCUT2D eigenvalue weighted by Crippen LogP contribution is 2.38. The second-order valence-electron chi connectivity index (χ2n) is 11.1. The Morgan fingerprint density at radius 2 is 1.45 bits per heavy atom. The average molecular weight is 652 g/mol. The van der Waals surface area contributed by atoms with Gasteiger partial charge in [-0.15, -0.1) is 11.3 Å². The van der Waals surface area contributed by atoms with Crippen molar-refractivity contribution in [1.29, 1.82) is 0 Å². The van der Waals surface area contributed by atoms with E-state index in [0.29, 0.717) is 34.9 Å². The normalized spacial score (nSPS) is 11.3. The predicted octanol–water partition coefficient (Wildman–Crippen LogP) is 6.59. The number of nitrogens with zero attached hydrogens (tertiary/aromatic N) is 3. The molecular weight excluding hydrogens is 620 g/mol. The summed E-state index contributed by atoms with van der Waals surface area (Å²) in [6, 6.07) is 28.7. The van der Waals surface area contributed by atoms with Crippen LogP contribution in [-0.2, 0) is 19.6 Å². The summed E-state index contributed by atoms with van der Waals surface area (Å²) in [5, 5.41) is 5.54. The van der Waals surface area contributed by atoms with E-state index in [2.05, 4.69) is 15.5 Å². The van der Waals surface area contributed by atoms with Gasteiger partial charge in [0.15, 0.2) is 0 Å². The molecule has 8 nitrogen and oxygen atoms in total. The lowest BCUT2D eigenvalue weighted by Crippen LogP contribution is -2.39. The Labute approximate surface area is 273 Å². The smallest absolute Gasteiger partial charge is 0.337 e. The second-order valence-corrected chi connectivity index (χ2v) is 12.1. The number of para-hydroxylation sites is 1. The molecule has 6 rings (SSSR count). The molecule has 47 heavy (non-hydrogen) atoms. The van der Waals surface area contributed by atoms with E-state index in [0.717, 1.165) is 32.7 Å². The molecule has 0 saturated carbocycles. The highest BCUT2D eigenvalue weighted by molar-refractivity contribution is 7.22. The Morgan fingerprint density at radius 3 is 2.09 bits per heavy atom. The van der Waals surface area contributed by atoms with Crippen LogP contribution in [0.15, 0.2) is 113 Å². The van der Waals surface area contributed by atoms with Crippen molar-refractivity contribution in [3.63, 3.8) is 0 Å². The molecule has 0 aliphatic carbocycles. The third-order valence-corrected chi connectivity index (χ3v) is 9.12. The van der Waals surface area contributed by atoms with Crippen LogP contribution in [0.5, 0.6) is 0 Å². The Hall–Kier alpha value is -5.39. The van der Waals surface area contributed by atoms with E-state index in [1.807, 2.05) is 49.5 Å². The molecule has 6 aromatic rings. The van der Waals surface area contributed by atoms with Gasteiger partial charge >= 0.3 is 11.7 Å². The zero-order valence-electron chi connectivity index (χ0n) is 25.7. The largest absolute Gasteiger partial charge is 0.341 e. The van der Waals surface area contributed by atoms with E-state index < -0.39 is 29.4 Å². The SMILES string of the molecule is CNC(=O)Nc1ccc(-c2sc3c(c2CN(C)Cc2ccccc2)c(=O)n(-c2ccccc2)c(=O)n3Cc2c(F)cccc2F)cc1. The van der Waals surface area contributed by atoms with Crippen LogP contribution in [-0.4, -0.2) is 34.2 Å². The number of urea groups is 1. The molecule has 0 atom stereocenters. The van der Waals surface area contributed by atoms with Crippen LogP contribution >= 0.6 is 11.3 Å². The van der Waals surface area contributed by atoms with E-state index in [-0.39, 0.29) is 17.0 Å². The average Bonchev–Trinajstić information content (AvgIpc) is 3.44. The minimum atomic E-state index is -0.790. The molecule has 2 amide bonds. The van der Waals surface area contributed by atoms with Crippen LogP contribution in [0.2, 0.25) is 0 Å². The lowest BCUT2D eigenvalue weighted by molar-refractivity contribution is 0.254. The number of hydrogen-bond donors (Lipinski definition) is 2. The Morgan fingerprint density at radius 1 is 0.809 bits per heavy atom. The van der Waals surface area contributed by atoms with Crippen LogP contribution in [0, 0.1) is 11.6 Å². The van der Waals surface area contributed by atoms with Crippen LogP contribution in [0.4, 0.5) is 19.3 Å². The second kappa shape index (κ2) is 13.5. The van der Waals surface area contributed by atoms with Crippen LogP contribution in [0.3, 0.4) is 0 Å². The van der Waals surface area contributed by atoms with Crippen molar-refractivity contribution in [3.8, 4) is 16.1 Å². The quantitative estimate of drug-likeness (QED) is 0.185. The molecule has 0 spiro atoms. The van der Waals surface area contributed by atoms with Crippen molar-refractivity contribution in [2.24, 2.45) is 0 Å². The molecule has 2 heterocycles. The van der Waals surface area contributed by atoms with Crippen molar-refractivity contribution in [3.05, 3.63) is 152 Å². The topological polar surface area (TPSA) is 88.4 Å². The molecule has 238 valence electrons. The fourth-order valence-electron chi connectivity index (χ4n) is 5.56. The van der Waals surface area contributed by atoms with E-state index in [1.165, 1.54) is 29.0 Å². The molecule has 0 unspecified atom stereocenters. The van der Waals surface area contributed by atoms with Gasteiger partial charge < -0.3 is 10.6 Å². The maximum absolute atomic E-state index is 15.0. The summed E-state index contributed by atoms with van der Waals surface area (Å²) >= 11 is 1.22.